The summed E-state index contributed by atoms with van der Waals surface area (Å²) in [6.07, 6.45) is 2.09. The molecule has 0 fully saturated rings. The molecule has 0 saturated carbocycles. The lowest BCUT2D eigenvalue weighted by Gasteiger charge is -2.19. The number of aromatic amines is 1. The Morgan fingerprint density at radius 2 is 1.68 bits per heavy atom. The van der Waals surface area contributed by atoms with Gasteiger partial charge in [-0.25, -0.2) is 0 Å². The van der Waals surface area contributed by atoms with Gasteiger partial charge in [-0.3, -0.25) is 4.79 Å². The number of para-hydroxylation sites is 1. The molecule has 1 heterocycles. The van der Waals surface area contributed by atoms with Crippen LogP contribution in [0.15, 0.2) is 79.0 Å². The maximum atomic E-state index is 12.8. The van der Waals surface area contributed by atoms with Crippen LogP contribution in [0.2, 0.25) is 5.02 Å². The fraction of sp³-hybridized carbons (Fsp3) is 0.192. The summed E-state index contributed by atoms with van der Waals surface area (Å²) in [4.78, 5) is 16.2. The van der Waals surface area contributed by atoms with E-state index in [1.54, 1.807) is 12.1 Å². The molecule has 1 unspecified atom stereocenters. The zero-order valence-corrected chi connectivity index (χ0v) is 18.3. The Morgan fingerprint density at radius 3 is 2.42 bits per heavy atom. The SMILES string of the molecule is CC(C)Oc1ccc(C(=O)NCC(c2ccccc2Cl)c2c[nH]c3ccccc23)cc1. The maximum absolute atomic E-state index is 12.8. The standard InChI is InChI=1S/C26H25ClN2O2/c1-17(2)31-19-13-11-18(12-14-19)26(30)29-16-22(20-7-3-5-9-24(20)27)23-15-28-25-10-6-4-8-21(23)25/h3-15,17,22,28H,16H2,1-2H3,(H,29,30). The largest absolute Gasteiger partial charge is 0.491 e. The average Bonchev–Trinajstić information content (AvgIpc) is 3.19. The molecule has 1 atom stereocenters. The molecule has 158 valence electrons. The highest BCUT2D eigenvalue weighted by atomic mass is 35.5. The van der Waals surface area contributed by atoms with Crippen molar-refractivity contribution in [1.29, 1.82) is 0 Å². The molecule has 4 aromatic rings. The van der Waals surface area contributed by atoms with E-state index in [0.29, 0.717) is 17.1 Å². The van der Waals surface area contributed by atoms with E-state index < -0.39 is 0 Å². The van der Waals surface area contributed by atoms with Crippen molar-refractivity contribution in [3.05, 3.63) is 101 Å². The van der Waals surface area contributed by atoms with Gasteiger partial charge in [0, 0.05) is 40.1 Å². The number of fused-ring (bicyclic) bond motifs is 1. The van der Waals surface area contributed by atoms with Gasteiger partial charge in [-0.1, -0.05) is 48.0 Å². The summed E-state index contributed by atoms with van der Waals surface area (Å²) in [7, 11) is 0. The molecule has 0 spiro atoms. The highest BCUT2D eigenvalue weighted by molar-refractivity contribution is 6.31. The first kappa shape index (κ1) is 21.0. The van der Waals surface area contributed by atoms with Crippen LogP contribution in [-0.2, 0) is 0 Å². The van der Waals surface area contributed by atoms with Crippen LogP contribution in [0.3, 0.4) is 0 Å². The highest BCUT2D eigenvalue weighted by Gasteiger charge is 2.21. The quantitative estimate of drug-likeness (QED) is 0.367. The Morgan fingerprint density at radius 1 is 0.968 bits per heavy atom. The van der Waals surface area contributed by atoms with Crippen LogP contribution in [0.1, 0.15) is 41.3 Å². The second-order valence-corrected chi connectivity index (χ2v) is 8.17. The van der Waals surface area contributed by atoms with Crippen molar-refractivity contribution in [1.82, 2.24) is 10.3 Å². The third-order valence-electron chi connectivity index (χ3n) is 5.23. The predicted molar refractivity (Wildman–Crippen MR) is 126 cm³/mol. The number of hydrogen-bond acceptors (Lipinski definition) is 2. The Hall–Kier alpha value is -3.24. The predicted octanol–water partition coefficient (Wildman–Crippen LogP) is 6.17. The summed E-state index contributed by atoms with van der Waals surface area (Å²) in [6, 6.07) is 23.1. The van der Waals surface area contributed by atoms with Crippen molar-refractivity contribution >= 4 is 28.4 Å². The van der Waals surface area contributed by atoms with E-state index in [2.05, 4.69) is 16.4 Å². The van der Waals surface area contributed by atoms with Crippen molar-refractivity contribution in [3.8, 4) is 5.75 Å². The van der Waals surface area contributed by atoms with Gasteiger partial charge in [0.1, 0.15) is 5.75 Å². The van der Waals surface area contributed by atoms with Crippen LogP contribution in [0.5, 0.6) is 5.75 Å². The Kier molecular flexibility index (Phi) is 6.28. The monoisotopic (exact) mass is 432 g/mol. The molecule has 4 rings (SSSR count). The van der Waals surface area contributed by atoms with Gasteiger partial charge >= 0.3 is 0 Å². The summed E-state index contributed by atoms with van der Waals surface area (Å²) in [5.41, 5.74) is 3.73. The van der Waals surface area contributed by atoms with E-state index in [1.165, 1.54) is 0 Å². The van der Waals surface area contributed by atoms with Gasteiger partial charge in [0.05, 0.1) is 6.10 Å². The first-order valence-electron chi connectivity index (χ1n) is 10.4. The summed E-state index contributed by atoms with van der Waals surface area (Å²) in [5, 5.41) is 4.89. The van der Waals surface area contributed by atoms with E-state index in [4.69, 9.17) is 16.3 Å². The molecule has 3 aromatic carbocycles. The molecule has 0 bridgehead atoms. The highest BCUT2D eigenvalue weighted by Crippen LogP contribution is 2.34. The molecular weight excluding hydrogens is 408 g/mol. The molecule has 0 aliphatic rings. The van der Waals surface area contributed by atoms with Crippen molar-refractivity contribution in [2.45, 2.75) is 25.9 Å². The molecule has 4 nitrogen and oxygen atoms in total. The van der Waals surface area contributed by atoms with Gasteiger partial charge in [0.15, 0.2) is 0 Å². The van der Waals surface area contributed by atoms with E-state index in [-0.39, 0.29) is 17.9 Å². The second-order valence-electron chi connectivity index (χ2n) is 7.76. The van der Waals surface area contributed by atoms with Crippen LogP contribution < -0.4 is 10.1 Å². The van der Waals surface area contributed by atoms with Crippen LogP contribution in [0.4, 0.5) is 0 Å². The minimum absolute atomic E-state index is 0.0858. The average molecular weight is 433 g/mol. The van der Waals surface area contributed by atoms with E-state index >= 15 is 0 Å². The number of carbonyl (C=O) groups is 1. The minimum Gasteiger partial charge on any atom is -0.491 e. The van der Waals surface area contributed by atoms with Gasteiger partial charge in [0.2, 0.25) is 0 Å². The third kappa shape index (κ3) is 4.75. The number of aromatic nitrogens is 1. The molecule has 0 aliphatic heterocycles. The molecule has 31 heavy (non-hydrogen) atoms. The number of hydrogen-bond donors (Lipinski definition) is 2. The third-order valence-corrected chi connectivity index (χ3v) is 5.58. The summed E-state index contributed by atoms with van der Waals surface area (Å²) in [6.45, 7) is 4.37. The second kappa shape index (κ2) is 9.27. The summed E-state index contributed by atoms with van der Waals surface area (Å²) < 4.78 is 5.66. The fourth-order valence-electron chi connectivity index (χ4n) is 3.78. The van der Waals surface area contributed by atoms with Crippen molar-refractivity contribution in [2.75, 3.05) is 6.54 Å². The first-order chi connectivity index (χ1) is 15.0. The Bertz CT molecular complexity index is 1180. The molecule has 2 N–H and O–H groups in total. The molecule has 0 radical (unpaired) electrons. The number of nitrogens with one attached hydrogen (secondary N) is 2. The zero-order valence-electron chi connectivity index (χ0n) is 17.6. The number of ether oxygens (including phenoxy) is 1. The lowest BCUT2D eigenvalue weighted by atomic mass is 9.90. The number of H-pyrrole nitrogens is 1. The molecule has 1 amide bonds. The number of benzene rings is 3. The number of halogens is 1. The number of rotatable bonds is 7. The molecule has 1 aromatic heterocycles. The van der Waals surface area contributed by atoms with Gasteiger partial charge < -0.3 is 15.0 Å². The molecular formula is C26H25ClN2O2. The van der Waals surface area contributed by atoms with Crippen LogP contribution in [0.25, 0.3) is 10.9 Å². The van der Waals surface area contributed by atoms with E-state index in [1.807, 2.05) is 74.6 Å². The summed E-state index contributed by atoms with van der Waals surface area (Å²) in [5.74, 6) is 0.532. The molecule has 0 aliphatic carbocycles. The fourth-order valence-corrected chi connectivity index (χ4v) is 4.05. The van der Waals surface area contributed by atoms with Gasteiger partial charge in [0.25, 0.3) is 5.91 Å². The van der Waals surface area contributed by atoms with Crippen LogP contribution >= 0.6 is 11.6 Å². The van der Waals surface area contributed by atoms with Crippen molar-refractivity contribution < 1.29 is 9.53 Å². The first-order valence-corrected chi connectivity index (χ1v) is 10.8. The van der Waals surface area contributed by atoms with Gasteiger partial charge in [-0.15, -0.1) is 0 Å². The lowest BCUT2D eigenvalue weighted by Crippen LogP contribution is -2.29. The van der Waals surface area contributed by atoms with Gasteiger partial charge in [-0.2, -0.15) is 0 Å². The van der Waals surface area contributed by atoms with E-state index in [0.717, 1.165) is 27.8 Å². The lowest BCUT2D eigenvalue weighted by molar-refractivity contribution is 0.0952. The number of carbonyl (C=O) groups excluding carboxylic acids is 1. The van der Waals surface area contributed by atoms with Crippen molar-refractivity contribution in [3.63, 3.8) is 0 Å². The van der Waals surface area contributed by atoms with Crippen LogP contribution in [0, 0.1) is 0 Å². The van der Waals surface area contributed by atoms with E-state index in [9.17, 15) is 4.79 Å². The van der Waals surface area contributed by atoms with Crippen molar-refractivity contribution in [2.24, 2.45) is 0 Å². The topological polar surface area (TPSA) is 54.1 Å². The summed E-state index contributed by atoms with van der Waals surface area (Å²) >= 11 is 6.54. The van der Waals surface area contributed by atoms with Gasteiger partial charge in [-0.05, 0) is 61.4 Å². The van der Waals surface area contributed by atoms with Crippen LogP contribution in [-0.4, -0.2) is 23.5 Å². The number of amides is 1. The normalized spacial score (nSPS) is 12.1. The molecule has 0 saturated heterocycles. The maximum Gasteiger partial charge on any atom is 0.251 e. The zero-order chi connectivity index (χ0) is 21.8. The smallest absolute Gasteiger partial charge is 0.251 e. The minimum atomic E-state index is -0.131. The Balaban J connectivity index is 1.58. The Labute approximate surface area is 187 Å². The molecule has 5 heteroatoms.